The third kappa shape index (κ3) is 5.56. The van der Waals surface area contributed by atoms with E-state index in [1.807, 2.05) is 0 Å². The Morgan fingerprint density at radius 1 is 1.08 bits per heavy atom. The fourth-order valence-electron chi connectivity index (χ4n) is 2.21. The number of aliphatic carboxylic acids is 2. The molecule has 3 N–H and O–H groups in total. The molecule has 0 radical (unpaired) electrons. The van der Waals surface area contributed by atoms with E-state index in [1.54, 1.807) is 20.8 Å². The van der Waals surface area contributed by atoms with E-state index in [-0.39, 0.29) is 25.9 Å². The minimum Gasteiger partial charge on any atom is -0.480 e. The van der Waals surface area contributed by atoms with Gasteiger partial charge in [0.2, 0.25) is 5.91 Å². The number of carboxylic acids is 2. The van der Waals surface area contributed by atoms with Gasteiger partial charge in [-0.3, -0.25) is 4.79 Å². The van der Waals surface area contributed by atoms with Crippen LogP contribution in [0.1, 0.15) is 33.6 Å². The Hall–Kier alpha value is -2.58. The summed E-state index contributed by atoms with van der Waals surface area (Å²) < 4.78 is 5.23. The number of hydrogen-bond donors (Lipinski definition) is 3. The van der Waals surface area contributed by atoms with Crippen LogP contribution in [-0.4, -0.2) is 63.3 Å². The molecule has 9 nitrogen and oxygen atoms in total. The van der Waals surface area contributed by atoms with Crippen molar-refractivity contribution in [3.8, 4) is 0 Å². The number of carbonyl (C=O) groups excluding carboxylic acids is 2. The van der Waals surface area contributed by atoms with Crippen LogP contribution in [0.25, 0.3) is 0 Å². The lowest BCUT2D eigenvalue weighted by molar-refractivity contribution is -0.149. The van der Waals surface area contributed by atoms with Gasteiger partial charge < -0.3 is 25.2 Å². The Balaban J connectivity index is 2.73. The summed E-state index contributed by atoms with van der Waals surface area (Å²) in [4.78, 5) is 47.0. The zero-order chi connectivity index (χ0) is 18.5. The first-order chi connectivity index (χ1) is 10.9. The van der Waals surface area contributed by atoms with Crippen molar-refractivity contribution in [1.29, 1.82) is 0 Å². The minimum absolute atomic E-state index is 0.00573. The minimum atomic E-state index is -1.54. The van der Waals surface area contributed by atoms with Crippen molar-refractivity contribution in [2.75, 3.05) is 13.1 Å². The third-order valence-corrected chi connectivity index (χ3v) is 3.42. The zero-order valence-electron chi connectivity index (χ0n) is 13.9. The highest BCUT2D eigenvalue weighted by atomic mass is 16.6. The molecule has 0 aromatic heterocycles. The molecule has 9 heteroatoms. The van der Waals surface area contributed by atoms with Crippen LogP contribution in [0.15, 0.2) is 12.2 Å². The number of nitrogens with zero attached hydrogens (tertiary/aromatic N) is 1. The maximum Gasteiger partial charge on any atom is 0.410 e. The molecule has 0 aromatic rings. The predicted octanol–water partition coefficient (Wildman–Crippen LogP) is 0.598. The van der Waals surface area contributed by atoms with Crippen LogP contribution in [0, 0.1) is 0 Å². The number of likely N-dealkylation sites (tertiary alicyclic amines) is 1. The Kier molecular flexibility index (Phi) is 5.94. The fourth-order valence-corrected chi connectivity index (χ4v) is 2.21. The smallest absolute Gasteiger partial charge is 0.410 e. The van der Waals surface area contributed by atoms with Crippen LogP contribution in [0.4, 0.5) is 4.79 Å². The number of piperidine rings is 1. The topological polar surface area (TPSA) is 133 Å². The van der Waals surface area contributed by atoms with Crippen molar-refractivity contribution in [3.05, 3.63) is 12.2 Å². The molecule has 0 atom stereocenters. The van der Waals surface area contributed by atoms with E-state index in [0.717, 1.165) is 6.08 Å². The van der Waals surface area contributed by atoms with Crippen LogP contribution in [-0.2, 0) is 19.1 Å². The molecule has 1 aliphatic heterocycles. The lowest BCUT2D eigenvalue weighted by Gasteiger charge is -2.39. The highest BCUT2D eigenvalue weighted by Gasteiger charge is 2.44. The molecule has 1 aliphatic rings. The highest BCUT2D eigenvalue weighted by Crippen LogP contribution is 2.24. The number of amides is 2. The number of carboxylic acid groups (broad SMARTS) is 2. The van der Waals surface area contributed by atoms with Crippen LogP contribution < -0.4 is 5.32 Å². The molecular formula is C15H22N2O7. The van der Waals surface area contributed by atoms with Crippen LogP contribution in [0.5, 0.6) is 0 Å². The van der Waals surface area contributed by atoms with Crippen molar-refractivity contribution in [2.45, 2.75) is 44.8 Å². The lowest BCUT2D eigenvalue weighted by Crippen LogP contribution is -2.60. The second-order valence-corrected chi connectivity index (χ2v) is 6.52. The quantitative estimate of drug-likeness (QED) is 0.637. The summed E-state index contributed by atoms with van der Waals surface area (Å²) in [6.07, 6.45) is 0.828. The molecule has 0 bridgehead atoms. The predicted molar refractivity (Wildman–Crippen MR) is 82.3 cm³/mol. The number of nitrogens with one attached hydrogen (secondary N) is 1. The van der Waals surface area contributed by atoms with Gasteiger partial charge >= 0.3 is 18.0 Å². The summed E-state index contributed by atoms with van der Waals surface area (Å²) in [5.74, 6) is -3.36. The van der Waals surface area contributed by atoms with Gasteiger partial charge in [-0.25, -0.2) is 14.4 Å². The standard InChI is InChI=1S/C15H22N2O7/c1-14(2,3)24-13(23)17-8-6-15(7-9-17,12(21)22)16-10(18)4-5-11(19)20/h4-5H,6-9H2,1-3H3,(H,16,18)(H,19,20)(H,21,22). The number of hydrogen-bond acceptors (Lipinski definition) is 5. The summed E-state index contributed by atoms with van der Waals surface area (Å²) in [6, 6.07) is 0. The molecule has 1 saturated heterocycles. The molecule has 0 unspecified atom stereocenters. The van der Waals surface area contributed by atoms with Crippen LogP contribution in [0.3, 0.4) is 0 Å². The van der Waals surface area contributed by atoms with E-state index in [9.17, 15) is 24.3 Å². The first-order valence-electron chi connectivity index (χ1n) is 7.40. The number of ether oxygens (including phenoxy) is 1. The molecule has 0 aromatic carbocycles. The van der Waals surface area contributed by atoms with E-state index < -0.39 is 35.1 Å². The van der Waals surface area contributed by atoms with Crippen molar-refractivity contribution in [1.82, 2.24) is 10.2 Å². The van der Waals surface area contributed by atoms with Gasteiger partial charge in [-0.15, -0.1) is 0 Å². The first-order valence-corrected chi connectivity index (χ1v) is 7.40. The monoisotopic (exact) mass is 342 g/mol. The Bertz CT molecular complexity index is 555. The number of rotatable bonds is 4. The van der Waals surface area contributed by atoms with Crippen molar-refractivity contribution in [3.63, 3.8) is 0 Å². The largest absolute Gasteiger partial charge is 0.480 e. The van der Waals surface area contributed by atoms with Gasteiger partial charge in [-0.2, -0.15) is 0 Å². The molecule has 1 fully saturated rings. The van der Waals surface area contributed by atoms with E-state index in [0.29, 0.717) is 6.08 Å². The summed E-state index contributed by atoms with van der Waals surface area (Å²) >= 11 is 0. The summed E-state index contributed by atoms with van der Waals surface area (Å²) in [5.41, 5.74) is -2.20. The average molecular weight is 342 g/mol. The van der Waals surface area contributed by atoms with Gasteiger partial charge in [0.05, 0.1) is 0 Å². The van der Waals surface area contributed by atoms with Gasteiger partial charge in [0, 0.05) is 25.2 Å². The average Bonchev–Trinajstić information content (AvgIpc) is 2.43. The molecule has 2 amide bonds. The van der Waals surface area contributed by atoms with Gasteiger partial charge in [0.15, 0.2) is 0 Å². The molecule has 0 spiro atoms. The summed E-state index contributed by atoms with van der Waals surface area (Å²) in [7, 11) is 0. The van der Waals surface area contributed by atoms with Gasteiger partial charge in [-0.05, 0) is 33.6 Å². The third-order valence-electron chi connectivity index (χ3n) is 3.42. The van der Waals surface area contributed by atoms with Crippen molar-refractivity contribution in [2.24, 2.45) is 0 Å². The van der Waals surface area contributed by atoms with Crippen LogP contribution >= 0.6 is 0 Å². The second kappa shape index (κ2) is 7.33. The summed E-state index contributed by atoms with van der Waals surface area (Å²) in [5, 5.41) is 20.3. The highest BCUT2D eigenvalue weighted by molar-refractivity contribution is 5.97. The molecular weight excluding hydrogens is 320 g/mol. The van der Waals surface area contributed by atoms with Crippen molar-refractivity contribution >= 4 is 23.9 Å². The van der Waals surface area contributed by atoms with E-state index in [2.05, 4.69) is 5.32 Å². The fraction of sp³-hybridized carbons (Fsp3) is 0.600. The zero-order valence-corrected chi connectivity index (χ0v) is 13.9. The number of carbonyl (C=O) groups is 4. The Labute approximate surface area is 139 Å². The van der Waals surface area contributed by atoms with E-state index >= 15 is 0 Å². The summed E-state index contributed by atoms with van der Waals surface area (Å²) in [6.45, 7) is 5.39. The molecule has 0 saturated carbocycles. The van der Waals surface area contributed by atoms with E-state index in [1.165, 1.54) is 4.90 Å². The molecule has 1 rings (SSSR count). The first kappa shape index (κ1) is 19.5. The molecule has 0 aliphatic carbocycles. The van der Waals surface area contributed by atoms with Gasteiger partial charge in [0.25, 0.3) is 0 Å². The Morgan fingerprint density at radius 2 is 1.62 bits per heavy atom. The molecule has 1 heterocycles. The Morgan fingerprint density at radius 3 is 2.04 bits per heavy atom. The molecule has 134 valence electrons. The van der Waals surface area contributed by atoms with E-state index in [4.69, 9.17) is 9.84 Å². The molecule has 24 heavy (non-hydrogen) atoms. The van der Waals surface area contributed by atoms with Gasteiger partial charge in [0.1, 0.15) is 11.1 Å². The van der Waals surface area contributed by atoms with Gasteiger partial charge in [-0.1, -0.05) is 0 Å². The van der Waals surface area contributed by atoms with Crippen molar-refractivity contribution < 1.29 is 34.1 Å². The maximum absolute atomic E-state index is 12.0. The SMILES string of the molecule is CC(C)(C)OC(=O)N1CCC(NC(=O)C=CC(=O)O)(C(=O)O)CC1. The van der Waals surface area contributed by atoms with Crippen LogP contribution in [0.2, 0.25) is 0 Å². The second-order valence-electron chi connectivity index (χ2n) is 6.52. The normalized spacial score (nSPS) is 17.4. The lowest BCUT2D eigenvalue weighted by atomic mass is 9.87. The maximum atomic E-state index is 12.0.